The first-order valence-electron chi connectivity index (χ1n) is 14.4. The highest BCUT2D eigenvalue weighted by Crippen LogP contribution is 2.34. The van der Waals surface area contributed by atoms with Crippen LogP contribution in [0.15, 0.2) is 60.8 Å². The molecular formula is C31H38N6O4. The maximum absolute atomic E-state index is 13.5. The van der Waals surface area contributed by atoms with Gasteiger partial charge in [-0.2, -0.15) is 5.10 Å². The molecule has 3 aliphatic rings. The lowest BCUT2D eigenvalue weighted by molar-refractivity contribution is -0.125. The summed E-state index contributed by atoms with van der Waals surface area (Å²) in [5, 5.41) is 7.69. The molecule has 0 spiro atoms. The highest BCUT2D eigenvalue weighted by molar-refractivity contribution is 5.98. The van der Waals surface area contributed by atoms with Crippen LogP contribution in [0.25, 0.3) is 5.69 Å². The molecule has 2 aromatic carbocycles. The summed E-state index contributed by atoms with van der Waals surface area (Å²) in [5.41, 5.74) is 8.65. The maximum Gasteiger partial charge on any atom is 0.259 e. The number of aromatic nitrogens is 2. The van der Waals surface area contributed by atoms with Crippen LogP contribution in [0, 0.1) is 17.8 Å². The number of carbonyl (C=O) groups is 2. The molecule has 10 heteroatoms. The van der Waals surface area contributed by atoms with Crippen LogP contribution < -0.4 is 15.8 Å². The van der Waals surface area contributed by atoms with E-state index < -0.39 is 0 Å². The third-order valence-electron chi connectivity index (χ3n) is 8.75. The van der Waals surface area contributed by atoms with Crippen molar-refractivity contribution in [2.75, 3.05) is 58.8 Å². The Hall–Kier alpha value is -3.89. The smallest absolute Gasteiger partial charge is 0.259 e. The van der Waals surface area contributed by atoms with Gasteiger partial charge < -0.3 is 30.3 Å². The standard InChI is InChI=1S/C31H38N6O4/c1-40-28-10-6-5-9-27(28)37-29(32)25(15-33-37)31(39)36-18-23-16-35(17-24(23)19-36)13-11-26(21-7-3-2-4-8-21)34-30(38)22-12-14-41-20-22/h2-10,15,22-24,26H,11-14,16-20,32H2,1H3,(H,34,38)/t22?,23-,24?,26?/m0/s1. The number of nitrogens with zero attached hydrogens (tertiary/aromatic N) is 4. The third kappa shape index (κ3) is 5.67. The van der Waals surface area contributed by atoms with Crippen LogP contribution in [0.1, 0.15) is 34.8 Å². The zero-order valence-corrected chi connectivity index (χ0v) is 23.4. The lowest BCUT2D eigenvalue weighted by atomic mass is 10.0. The van der Waals surface area contributed by atoms with Crippen molar-refractivity contribution >= 4 is 17.6 Å². The predicted molar refractivity (Wildman–Crippen MR) is 155 cm³/mol. The second kappa shape index (κ2) is 11.9. The average Bonchev–Trinajstić information content (AvgIpc) is 3.80. The van der Waals surface area contributed by atoms with Gasteiger partial charge in [0.15, 0.2) is 0 Å². The van der Waals surface area contributed by atoms with Crippen molar-refractivity contribution in [2.24, 2.45) is 17.8 Å². The molecular weight excluding hydrogens is 520 g/mol. The number of ether oxygens (including phenoxy) is 2. The molecule has 3 aromatic rings. The van der Waals surface area contributed by atoms with E-state index in [-0.39, 0.29) is 23.8 Å². The molecule has 3 N–H and O–H groups in total. The fourth-order valence-electron chi connectivity index (χ4n) is 6.48. The minimum absolute atomic E-state index is 0.0365. The summed E-state index contributed by atoms with van der Waals surface area (Å²) >= 11 is 0. The number of rotatable bonds is 9. The SMILES string of the molecule is COc1ccccc1-n1ncc(C(=O)N2CC3CN(CCC(NC(=O)C4CCOC4)c4ccccc4)C[C@H]3C2)c1N. The summed E-state index contributed by atoms with van der Waals surface area (Å²) in [5.74, 6) is 1.74. The van der Waals surface area contributed by atoms with E-state index in [2.05, 4.69) is 27.4 Å². The fraction of sp³-hybridized carbons (Fsp3) is 0.452. The molecule has 1 aromatic heterocycles. The molecule has 0 aliphatic carbocycles. The molecule has 3 unspecified atom stereocenters. The molecule has 4 atom stereocenters. The number of para-hydroxylation sites is 2. The second-order valence-electron chi connectivity index (χ2n) is 11.3. The van der Waals surface area contributed by atoms with E-state index >= 15 is 0 Å². The Morgan fingerprint density at radius 2 is 1.80 bits per heavy atom. The van der Waals surface area contributed by atoms with Gasteiger partial charge in [0.2, 0.25) is 5.91 Å². The van der Waals surface area contributed by atoms with E-state index in [0.717, 1.165) is 38.0 Å². The Bertz CT molecular complexity index is 1360. The first-order valence-corrected chi connectivity index (χ1v) is 14.4. The fourth-order valence-corrected chi connectivity index (χ4v) is 6.48. The van der Waals surface area contributed by atoms with E-state index in [9.17, 15) is 9.59 Å². The minimum atomic E-state index is -0.0765. The van der Waals surface area contributed by atoms with Gasteiger partial charge in [0.1, 0.15) is 22.8 Å². The maximum atomic E-state index is 13.5. The first-order chi connectivity index (χ1) is 20.0. The van der Waals surface area contributed by atoms with Crippen molar-refractivity contribution < 1.29 is 19.1 Å². The number of nitrogens with one attached hydrogen (secondary N) is 1. The quantitative estimate of drug-likeness (QED) is 0.415. The number of likely N-dealkylation sites (tertiary alicyclic amines) is 2. The Labute approximate surface area is 240 Å². The summed E-state index contributed by atoms with van der Waals surface area (Å²) in [4.78, 5) is 30.7. The summed E-state index contributed by atoms with van der Waals surface area (Å²) in [7, 11) is 1.60. The minimum Gasteiger partial charge on any atom is -0.494 e. The Balaban J connectivity index is 1.05. The lowest BCUT2D eigenvalue weighted by Gasteiger charge is -2.25. The van der Waals surface area contributed by atoms with Gasteiger partial charge in [0.05, 0.1) is 31.9 Å². The number of benzene rings is 2. The van der Waals surface area contributed by atoms with E-state index in [1.54, 1.807) is 18.0 Å². The van der Waals surface area contributed by atoms with Crippen LogP contribution in [0.2, 0.25) is 0 Å². The van der Waals surface area contributed by atoms with Gasteiger partial charge in [0.25, 0.3) is 5.91 Å². The molecule has 4 heterocycles. The second-order valence-corrected chi connectivity index (χ2v) is 11.3. The van der Waals surface area contributed by atoms with Crippen LogP contribution in [0.3, 0.4) is 0 Å². The highest BCUT2D eigenvalue weighted by atomic mass is 16.5. The summed E-state index contributed by atoms with van der Waals surface area (Å²) in [6.07, 6.45) is 3.18. The molecule has 216 valence electrons. The summed E-state index contributed by atoms with van der Waals surface area (Å²) in [6.45, 7) is 5.35. The number of amides is 2. The van der Waals surface area contributed by atoms with Gasteiger partial charge in [-0.25, -0.2) is 4.68 Å². The summed E-state index contributed by atoms with van der Waals surface area (Å²) in [6, 6.07) is 17.6. The van der Waals surface area contributed by atoms with E-state index in [1.807, 2.05) is 47.4 Å². The molecule has 3 saturated heterocycles. The first kappa shape index (κ1) is 27.3. The lowest BCUT2D eigenvalue weighted by Crippen LogP contribution is -2.37. The predicted octanol–water partition coefficient (Wildman–Crippen LogP) is 2.75. The molecule has 10 nitrogen and oxygen atoms in total. The highest BCUT2D eigenvalue weighted by Gasteiger charge is 2.42. The molecule has 0 radical (unpaired) electrons. The third-order valence-corrected chi connectivity index (χ3v) is 8.75. The molecule has 0 saturated carbocycles. The zero-order chi connectivity index (χ0) is 28.3. The average molecular weight is 559 g/mol. The number of carbonyl (C=O) groups excluding carboxylic acids is 2. The largest absolute Gasteiger partial charge is 0.494 e. The van der Waals surface area contributed by atoms with Gasteiger partial charge in [-0.05, 0) is 42.4 Å². The van der Waals surface area contributed by atoms with Crippen molar-refractivity contribution in [1.82, 2.24) is 24.9 Å². The number of fused-ring (bicyclic) bond motifs is 1. The number of nitrogens with two attached hydrogens (primary N) is 1. The number of nitrogen functional groups attached to an aromatic ring is 1. The van der Waals surface area contributed by atoms with Gasteiger partial charge >= 0.3 is 0 Å². The van der Waals surface area contributed by atoms with Crippen LogP contribution in [-0.2, 0) is 9.53 Å². The Morgan fingerprint density at radius 3 is 2.51 bits per heavy atom. The van der Waals surface area contributed by atoms with E-state index in [1.165, 1.54) is 0 Å². The van der Waals surface area contributed by atoms with Crippen molar-refractivity contribution in [1.29, 1.82) is 0 Å². The normalized spacial score (nSPS) is 23.0. The monoisotopic (exact) mass is 558 g/mol. The Kier molecular flexibility index (Phi) is 7.93. The number of hydrogen-bond donors (Lipinski definition) is 2. The van der Waals surface area contributed by atoms with Gasteiger partial charge in [0, 0.05) is 39.3 Å². The molecule has 6 rings (SSSR count). The van der Waals surface area contributed by atoms with Gasteiger partial charge in [-0.15, -0.1) is 0 Å². The van der Waals surface area contributed by atoms with Crippen LogP contribution >= 0.6 is 0 Å². The van der Waals surface area contributed by atoms with Crippen LogP contribution in [0.4, 0.5) is 5.82 Å². The molecule has 0 bridgehead atoms. The molecule has 3 fully saturated rings. The van der Waals surface area contributed by atoms with Gasteiger partial charge in [-0.3, -0.25) is 9.59 Å². The summed E-state index contributed by atoms with van der Waals surface area (Å²) < 4.78 is 12.4. The zero-order valence-electron chi connectivity index (χ0n) is 23.4. The number of hydrogen-bond acceptors (Lipinski definition) is 7. The van der Waals surface area contributed by atoms with E-state index in [4.69, 9.17) is 15.2 Å². The number of anilines is 1. The van der Waals surface area contributed by atoms with Crippen molar-refractivity contribution in [3.8, 4) is 11.4 Å². The van der Waals surface area contributed by atoms with E-state index in [0.29, 0.717) is 61.0 Å². The van der Waals surface area contributed by atoms with Crippen molar-refractivity contribution in [2.45, 2.75) is 18.9 Å². The number of methoxy groups -OCH3 is 1. The van der Waals surface area contributed by atoms with Crippen molar-refractivity contribution in [3.05, 3.63) is 71.9 Å². The Morgan fingerprint density at radius 1 is 1.07 bits per heavy atom. The van der Waals surface area contributed by atoms with Gasteiger partial charge in [-0.1, -0.05) is 42.5 Å². The molecule has 41 heavy (non-hydrogen) atoms. The molecule has 2 amide bonds. The van der Waals surface area contributed by atoms with Crippen LogP contribution in [-0.4, -0.2) is 84.4 Å². The topological polar surface area (TPSA) is 115 Å². The molecule has 3 aliphatic heterocycles. The van der Waals surface area contributed by atoms with Crippen LogP contribution in [0.5, 0.6) is 5.75 Å². The van der Waals surface area contributed by atoms with Crippen molar-refractivity contribution in [3.63, 3.8) is 0 Å².